The maximum atomic E-state index is 13.6. The molecule has 0 aromatic heterocycles. The number of aromatic hydroxyl groups is 1. The molecule has 4 N–H and O–H groups in total. The second-order valence-corrected chi connectivity index (χ2v) is 9.34. The molecular formula is C23H35N3O6. The Morgan fingerprint density at radius 2 is 1.78 bits per heavy atom. The van der Waals surface area contributed by atoms with E-state index in [-0.39, 0.29) is 23.4 Å². The zero-order valence-electron chi connectivity index (χ0n) is 19.4. The number of phenols is 1. The number of aliphatic hydroxyl groups is 1. The molecule has 0 bridgehead atoms. The minimum absolute atomic E-state index is 0.117. The zero-order valence-corrected chi connectivity index (χ0v) is 19.4. The van der Waals surface area contributed by atoms with Crippen LogP contribution in [0, 0.1) is 0 Å². The molecule has 0 spiro atoms. The van der Waals surface area contributed by atoms with E-state index in [4.69, 9.17) is 4.74 Å². The quantitative estimate of drug-likeness (QED) is 0.482. The first kappa shape index (κ1) is 25.5. The molecule has 2 atom stereocenters. The number of carbonyl (C=O) groups is 3. The van der Waals surface area contributed by atoms with Crippen molar-refractivity contribution in [3.05, 3.63) is 29.8 Å². The largest absolute Gasteiger partial charge is 0.508 e. The number of nitrogens with zero attached hydrogens (tertiary/aromatic N) is 1. The number of rotatable bonds is 8. The number of phenolic OH excluding ortho intramolecular Hbond substituents is 1. The van der Waals surface area contributed by atoms with E-state index in [9.17, 15) is 24.6 Å². The van der Waals surface area contributed by atoms with Gasteiger partial charge in [-0.3, -0.25) is 9.59 Å². The van der Waals surface area contributed by atoms with Gasteiger partial charge in [-0.25, -0.2) is 4.79 Å². The Hall–Kier alpha value is -2.81. The number of amides is 3. The van der Waals surface area contributed by atoms with Gasteiger partial charge in [-0.05, 0) is 59.9 Å². The van der Waals surface area contributed by atoms with Gasteiger partial charge < -0.3 is 30.5 Å². The van der Waals surface area contributed by atoms with Gasteiger partial charge >= 0.3 is 6.09 Å². The summed E-state index contributed by atoms with van der Waals surface area (Å²) in [5, 5.41) is 25.6. The summed E-state index contributed by atoms with van der Waals surface area (Å²) in [4.78, 5) is 40.4. The summed E-state index contributed by atoms with van der Waals surface area (Å²) in [6, 6.07) is 3.48. The average molecular weight is 450 g/mol. The number of aliphatic hydroxyl groups excluding tert-OH is 1. The summed E-state index contributed by atoms with van der Waals surface area (Å²) < 4.78 is 5.21. The highest BCUT2D eigenvalue weighted by molar-refractivity contribution is 5.93. The van der Waals surface area contributed by atoms with E-state index in [1.807, 2.05) is 0 Å². The molecule has 178 valence electrons. The fourth-order valence-electron chi connectivity index (χ4n) is 3.50. The number of hydrogen-bond donors (Lipinski definition) is 4. The maximum absolute atomic E-state index is 13.6. The molecule has 0 aliphatic heterocycles. The van der Waals surface area contributed by atoms with Crippen molar-refractivity contribution in [1.29, 1.82) is 0 Å². The summed E-state index contributed by atoms with van der Waals surface area (Å²) in [6.45, 7) is 8.00. The van der Waals surface area contributed by atoms with Gasteiger partial charge in [0.15, 0.2) is 0 Å². The molecule has 9 nitrogen and oxygen atoms in total. The van der Waals surface area contributed by atoms with Gasteiger partial charge in [-0.2, -0.15) is 0 Å². The molecule has 1 fully saturated rings. The minimum Gasteiger partial charge on any atom is -0.508 e. The fourth-order valence-corrected chi connectivity index (χ4v) is 3.50. The van der Waals surface area contributed by atoms with Crippen molar-refractivity contribution in [2.24, 2.45) is 0 Å². The van der Waals surface area contributed by atoms with Crippen LogP contribution in [-0.2, 0) is 14.3 Å². The first-order chi connectivity index (χ1) is 14.9. The SMILES string of the molecule is CC(C)NC(=O)C(c1ccccc1O)N(C(=O)C(CO)NC(=O)OC(C)(C)C)C1CCC1. The molecule has 32 heavy (non-hydrogen) atoms. The standard InChI is InChI=1S/C23H35N3O6/c1-14(2)24-20(29)19(16-11-6-7-12-18(16)28)26(15-9-8-10-15)21(30)17(13-27)25-22(31)32-23(3,4)5/h6-7,11-12,14-15,17,19,27-28H,8-10,13H2,1-5H3,(H,24,29)(H,25,31). The van der Waals surface area contributed by atoms with Crippen molar-refractivity contribution < 1.29 is 29.3 Å². The molecular weight excluding hydrogens is 414 g/mol. The molecule has 0 saturated heterocycles. The predicted octanol–water partition coefficient (Wildman–Crippen LogP) is 2.22. The van der Waals surface area contributed by atoms with Crippen LogP contribution in [0.3, 0.4) is 0 Å². The third-order valence-corrected chi connectivity index (χ3v) is 5.08. The van der Waals surface area contributed by atoms with E-state index in [2.05, 4.69) is 10.6 Å². The maximum Gasteiger partial charge on any atom is 0.408 e. The molecule has 9 heteroatoms. The topological polar surface area (TPSA) is 128 Å². The monoisotopic (exact) mass is 449 g/mol. The summed E-state index contributed by atoms with van der Waals surface area (Å²) in [5.41, 5.74) is -0.504. The van der Waals surface area contributed by atoms with E-state index >= 15 is 0 Å². The van der Waals surface area contributed by atoms with E-state index in [0.717, 1.165) is 6.42 Å². The number of ether oxygens (including phenoxy) is 1. The third kappa shape index (κ3) is 6.59. The van der Waals surface area contributed by atoms with Crippen LogP contribution in [0.2, 0.25) is 0 Å². The number of para-hydroxylation sites is 1. The van der Waals surface area contributed by atoms with Gasteiger partial charge in [0, 0.05) is 17.6 Å². The van der Waals surface area contributed by atoms with Crippen LogP contribution in [-0.4, -0.2) is 63.4 Å². The predicted molar refractivity (Wildman–Crippen MR) is 119 cm³/mol. The first-order valence-corrected chi connectivity index (χ1v) is 11.0. The van der Waals surface area contributed by atoms with E-state index in [1.54, 1.807) is 52.8 Å². The Morgan fingerprint density at radius 3 is 2.25 bits per heavy atom. The van der Waals surface area contributed by atoms with Crippen molar-refractivity contribution in [3.63, 3.8) is 0 Å². The second kappa shape index (κ2) is 10.7. The highest BCUT2D eigenvalue weighted by Crippen LogP contribution is 2.36. The summed E-state index contributed by atoms with van der Waals surface area (Å²) in [5.74, 6) is -1.18. The lowest BCUT2D eigenvalue weighted by atomic mass is 9.88. The lowest BCUT2D eigenvalue weighted by Gasteiger charge is -2.43. The first-order valence-electron chi connectivity index (χ1n) is 11.0. The molecule has 0 heterocycles. The highest BCUT2D eigenvalue weighted by atomic mass is 16.6. The minimum atomic E-state index is -1.30. The van der Waals surface area contributed by atoms with Crippen molar-refractivity contribution in [2.45, 2.75) is 83.6 Å². The van der Waals surface area contributed by atoms with Gasteiger partial charge in [-0.15, -0.1) is 0 Å². The van der Waals surface area contributed by atoms with Gasteiger partial charge in [0.1, 0.15) is 23.4 Å². The van der Waals surface area contributed by atoms with Crippen LogP contribution in [0.1, 0.15) is 65.5 Å². The van der Waals surface area contributed by atoms with Crippen molar-refractivity contribution in [3.8, 4) is 5.75 Å². The Morgan fingerprint density at radius 1 is 1.16 bits per heavy atom. The Kier molecular flexibility index (Phi) is 8.49. The molecule has 2 unspecified atom stereocenters. The van der Waals surface area contributed by atoms with Crippen molar-refractivity contribution >= 4 is 17.9 Å². The Bertz CT molecular complexity index is 816. The van der Waals surface area contributed by atoms with Crippen LogP contribution in [0.15, 0.2) is 24.3 Å². The Labute approximate surface area is 189 Å². The summed E-state index contributed by atoms with van der Waals surface area (Å²) in [6.07, 6.45) is 1.39. The number of alkyl carbamates (subject to hydrolysis) is 1. The number of nitrogens with one attached hydrogen (secondary N) is 2. The van der Waals surface area contributed by atoms with Crippen LogP contribution in [0.25, 0.3) is 0 Å². The molecule has 3 amide bonds. The lowest BCUT2D eigenvalue weighted by molar-refractivity contribution is -0.148. The van der Waals surface area contributed by atoms with Crippen LogP contribution >= 0.6 is 0 Å². The highest BCUT2D eigenvalue weighted by Gasteiger charge is 2.42. The van der Waals surface area contributed by atoms with Crippen molar-refractivity contribution in [1.82, 2.24) is 15.5 Å². The molecule has 1 aromatic rings. The summed E-state index contributed by atoms with van der Waals surface area (Å²) in [7, 11) is 0. The third-order valence-electron chi connectivity index (χ3n) is 5.08. The number of benzene rings is 1. The number of hydrogen-bond acceptors (Lipinski definition) is 6. The Balaban J connectivity index is 2.42. The van der Waals surface area contributed by atoms with Gasteiger partial charge in [0.05, 0.1) is 6.61 Å². The smallest absolute Gasteiger partial charge is 0.408 e. The van der Waals surface area contributed by atoms with E-state index in [1.165, 1.54) is 11.0 Å². The molecule has 1 aliphatic rings. The van der Waals surface area contributed by atoms with Crippen molar-refractivity contribution in [2.75, 3.05) is 6.61 Å². The molecule has 0 radical (unpaired) electrons. The van der Waals surface area contributed by atoms with Gasteiger partial charge in [0.2, 0.25) is 11.8 Å². The van der Waals surface area contributed by atoms with Gasteiger partial charge in [0.25, 0.3) is 0 Å². The van der Waals surface area contributed by atoms with Gasteiger partial charge in [-0.1, -0.05) is 18.2 Å². The second-order valence-electron chi connectivity index (χ2n) is 9.34. The fraction of sp³-hybridized carbons (Fsp3) is 0.609. The normalized spacial score (nSPS) is 16.0. The van der Waals surface area contributed by atoms with E-state index < -0.39 is 42.2 Å². The van der Waals surface area contributed by atoms with Crippen LogP contribution in [0.4, 0.5) is 4.79 Å². The molecule has 1 aromatic carbocycles. The molecule has 1 aliphatic carbocycles. The van der Waals surface area contributed by atoms with Crippen LogP contribution < -0.4 is 10.6 Å². The summed E-state index contributed by atoms with van der Waals surface area (Å²) >= 11 is 0. The lowest BCUT2D eigenvalue weighted by Crippen LogP contribution is -2.58. The van der Waals surface area contributed by atoms with Crippen LogP contribution in [0.5, 0.6) is 5.75 Å². The van der Waals surface area contributed by atoms with E-state index in [0.29, 0.717) is 12.8 Å². The zero-order chi connectivity index (χ0) is 24.1. The average Bonchev–Trinajstić information content (AvgIpc) is 2.63. The molecule has 1 saturated carbocycles. The number of carbonyl (C=O) groups excluding carboxylic acids is 3. The molecule has 2 rings (SSSR count).